The lowest BCUT2D eigenvalue weighted by Gasteiger charge is -2.00. The van der Waals surface area contributed by atoms with Crippen molar-refractivity contribution in [2.45, 2.75) is 26.7 Å². The van der Waals surface area contributed by atoms with Crippen LogP contribution >= 0.6 is 0 Å². The Kier molecular flexibility index (Phi) is 2.47. The molecule has 0 fully saturated rings. The normalized spacial score (nSPS) is 10.0. The molecule has 2 nitrogen and oxygen atoms in total. The zero-order valence-electron chi connectivity index (χ0n) is 7.02. The van der Waals surface area contributed by atoms with Gasteiger partial charge in [0.2, 0.25) is 0 Å². The van der Waals surface area contributed by atoms with Crippen molar-refractivity contribution < 1.29 is 0 Å². The zero-order valence-corrected chi connectivity index (χ0v) is 7.02. The monoisotopic (exact) mass is 149 g/mol. The summed E-state index contributed by atoms with van der Waals surface area (Å²) in [5.74, 6) is 0.609. The summed E-state index contributed by atoms with van der Waals surface area (Å²) in [6.45, 7) is 4.14. The molecule has 0 saturated carbocycles. The maximum absolute atomic E-state index is 5.58. The second-order valence-corrected chi connectivity index (χ2v) is 2.49. The number of aromatic nitrogens is 1. The van der Waals surface area contributed by atoms with Crippen molar-refractivity contribution in [3.05, 3.63) is 23.4 Å². The maximum Gasteiger partial charge on any atom is 0.123 e. The predicted molar refractivity (Wildman–Crippen MR) is 46.2 cm³/mol. The molecule has 11 heavy (non-hydrogen) atoms. The topological polar surface area (TPSA) is 38.9 Å². The van der Waals surface area contributed by atoms with Gasteiger partial charge in [0.1, 0.15) is 5.82 Å². The highest BCUT2D eigenvalue weighted by molar-refractivity contribution is 5.34. The van der Waals surface area contributed by atoms with Crippen LogP contribution in [-0.2, 0) is 12.8 Å². The molecule has 0 atom stereocenters. The van der Waals surface area contributed by atoms with Crippen molar-refractivity contribution in [3.63, 3.8) is 0 Å². The number of aryl methyl sites for hydroxylation is 2. The molecule has 1 aromatic heterocycles. The van der Waals surface area contributed by atoms with Gasteiger partial charge >= 0.3 is 0 Å². The van der Waals surface area contributed by atoms with Gasteiger partial charge in [-0.2, -0.15) is 0 Å². The molecule has 0 saturated heterocycles. The molecular weight excluding hydrogens is 136 g/mol. The van der Waals surface area contributed by atoms with Crippen molar-refractivity contribution >= 4 is 5.82 Å². The predicted octanol–water partition coefficient (Wildman–Crippen LogP) is 1.59. The summed E-state index contributed by atoms with van der Waals surface area (Å²) in [4.78, 5) is 4.12. The molecule has 0 aliphatic rings. The molecule has 0 unspecified atom stereocenters. The van der Waals surface area contributed by atoms with Gasteiger partial charge < -0.3 is 5.73 Å². The Balaban J connectivity index is 3.02. The Bertz CT molecular complexity index is 221. The maximum atomic E-state index is 5.58. The standard InChI is InChI=1S/C9H13N2/c1-3-7-5-8(4-2)11-9(10)6-7/h6H,3-4H2,1-2H3,(H2,10,11). The Morgan fingerprint density at radius 1 is 1.45 bits per heavy atom. The number of nitrogens with two attached hydrogens (primary N) is 1. The van der Waals surface area contributed by atoms with E-state index in [0.29, 0.717) is 5.82 Å². The van der Waals surface area contributed by atoms with Crippen molar-refractivity contribution in [3.8, 4) is 0 Å². The van der Waals surface area contributed by atoms with Gasteiger partial charge in [0.25, 0.3) is 0 Å². The molecule has 1 radical (unpaired) electrons. The van der Waals surface area contributed by atoms with E-state index in [0.717, 1.165) is 24.1 Å². The summed E-state index contributed by atoms with van der Waals surface area (Å²) in [5, 5.41) is 0. The van der Waals surface area contributed by atoms with Gasteiger partial charge in [-0.3, -0.25) is 0 Å². The van der Waals surface area contributed by atoms with Crippen LogP contribution in [0.2, 0.25) is 0 Å². The zero-order chi connectivity index (χ0) is 8.27. The summed E-state index contributed by atoms with van der Waals surface area (Å²) in [5.41, 5.74) is 7.69. The van der Waals surface area contributed by atoms with Crippen LogP contribution in [0.3, 0.4) is 0 Å². The molecule has 2 N–H and O–H groups in total. The summed E-state index contributed by atoms with van der Waals surface area (Å²) >= 11 is 0. The fourth-order valence-corrected chi connectivity index (χ4v) is 0.974. The van der Waals surface area contributed by atoms with Crippen molar-refractivity contribution in [2.75, 3.05) is 5.73 Å². The number of rotatable bonds is 2. The molecule has 2 heteroatoms. The molecule has 0 spiro atoms. The largest absolute Gasteiger partial charge is 0.384 e. The highest BCUT2D eigenvalue weighted by Gasteiger charge is 1.96. The van der Waals surface area contributed by atoms with Gasteiger partial charge in [0, 0.05) is 6.07 Å². The molecule has 1 heterocycles. The van der Waals surface area contributed by atoms with E-state index in [1.165, 1.54) is 0 Å². The van der Waals surface area contributed by atoms with Gasteiger partial charge in [0.15, 0.2) is 0 Å². The van der Waals surface area contributed by atoms with Gasteiger partial charge in [-0.1, -0.05) is 13.8 Å². The van der Waals surface area contributed by atoms with Crippen LogP contribution in [0, 0.1) is 6.07 Å². The summed E-state index contributed by atoms with van der Waals surface area (Å²) in [6.07, 6.45) is 1.87. The molecule has 0 aliphatic carbocycles. The molecular formula is C9H13N2. The van der Waals surface area contributed by atoms with E-state index in [9.17, 15) is 0 Å². The van der Waals surface area contributed by atoms with Crippen LogP contribution in [-0.4, -0.2) is 4.98 Å². The van der Waals surface area contributed by atoms with E-state index in [2.05, 4.69) is 24.9 Å². The van der Waals surface area contributed by atoms with Crippen LogP contribution in [0.5, 0.6) is 0 Å². The van der Waals surface area contributed by atoms with E-state index in [1.54, 1.807) is 0 Å². The summed E-state index contributed by atoms with van der Waals surface area (Å²) in [7, 11) is 0. The molecule has 1 rings (SSSR count). The fourth-order valence-electron chi connectivity index (χ4n) is 0.974. The SMILES string of the molecule is CCc1[c]c(CC)nc(N)c1. The first-order valence-corrected chi connectivity index (χ1v) is 3.93. The number of nitrogens with zero attached hydrogens (tertiary/aromatic N) is 1. The lowest BCUT2D eigenvalue weighted by Crippen LogP contribution is -1.97. The van der Waals surface area contributed by atoms with Crippen LogP contribution in [0.15, 0.2) is 6.07 Å². The van der Waals surface area contributed by atoms with E-state index in [-0.39, 0.29) is 0 Å². The van der Waals surface area contributed by atoms with E-state index >= 15 is 0 Å². The molecule has 59 valence electrons. The second kappa shape index (κ2) is 3.37. The Morgan fingerprint density at radius 3 is 2.73 bits per heavy atom. The quantitative estimate of drug-likeness (QED) is 0.693. The Labute approximate surface area is 67.5 Å². The minimum atomic E-state index is 0.609. The van der Waals surface area contributed by atoms with Crippen LogP contribution in [0.1, 0.15) is 25.1 Å². The second-order valence-electron chi connectivity index (χ2n) is 2.49. The van der Waals surface area contributed by atoms with Crippen LogP contribution < -0.4 is 5.73 Å². The summed E-state index contributed by atoms with van der Waals surface area (Å²) < 4.78 is 0. The first-order valence-electron chi connectivity index (χ1n) is 3.93. The lowest BCUT2D eigenvalue weighted by molar-refractivity contribution is 1.01. The third-order valence-electron chi connectivity index (χ3n) is 1.61. The molecule has 0 aromatic carbocycles. The number of nitrogen functional groups attached to an aromatic ring is 1. The third kappa shape index (κ3) is 1.93. The van der Waals surface area contributed by atoms with E-state index < -0.39 is 0 Å². The number of hydrogen-bond acceptors (Lipinski definition) is 2. The van der Waals surface area contributed by atoms with E-state index in [4.69, 9.17) is 5.73 Å². The third-order valence-corrected chi connectivity index (χ3v) is 1.61. The van der Waals surface area contributed by atoms with Crippen LogP contribution in [0.4, 0.5) is 5.82 Å². The van der Waals surface area contributed by atoms with Crippen LogP contribution in [0.25, 0.3) is 0 Å². The number of hydrogen-bond donors (Lipinski definition) is 1. The van der Waals surface area contributed by atoms with E-state index in [1.807, 2.05) is 6.07 Å². The fraction of sp³-hybridized carbons (Fsp3) is 0.444. The number of anilines is 1. The minimum absolute atomic E-state index is 0.609. The lowest BCUT2D eigenvalue weighted by atomic mass is 10.1. The van der Waals surface area contributed by atoms with Gasteiger partial charge in [-0.15, -0.1) is 0 Å². The molecule has 0 amide bonds. The molecule has 0 aliphatic heterocycles. The molecule has 0 bridgehead atoms. The average Bonchev–Trinajstić information content (AvgIpc) is 2.03. The van der Waals surface area contributed by atoms with Gasteiger partial charge in [-0.05, 0) is 24.5 Å². The van der Waals surface area contributed by atoms with Gasteiger partial charge in [-0.25, -0.2) is 4.98 Å². The molecule has 1 aromatic rings. The Hall–Kier alpha value is -1.05. The minimum Gasteiger partial charge on any atom is -0.384 e. The first kappa shape index (κ1) is 8.05. The average molecular weight is 149 g/mol. The number of pyridine rings is 1. The highest BCUT2D eigenvalue weighted by atomic mass is 14.8. The van der Waals surface area contributed by atoms with Crippen molar-refractivity contribution in [1.82, 2.24) is 4.98 Å². The smallest absolute Gasteiger partial charge is 0.123 e. The van der Waals surface area contributed by atoms with Gasteiger partial charge in [0.05, 0.1) is 5.69 Å². The highest BCUT2D eigenvalue weighted by Crippen LogP contribution is 2.07. The van der Waals surface area contributed by atoms with Crippen molar-refractivity contribution in [2.24, 2.45) is 0 Å². The van der Waals surface area contributed by atoms with Crippen molar-refractivity contribution in [1.29, 1.82) is 0 Å². The summed E-state index contributed by atoms with van der Waals surface area (Å²) in [6, 6.07) is 5.07. The first-order chi connectivity index (χ1) is 5.26. The Morgan fingerprint density at radius 2 is 2.18 bits per heavy atom.